The molecular formula is C10H16BrNS. The molecule has 1 heterocycles. The Hall–Kier alpha value is 0.110. The highest BCUT2D eigenvalue weighted by Gasteiger charge is 2.18. The van der Waals surface area contributed by atoms with Gasteiger partial charge in [0.1, 0.15) is 0 Å². The van der Waals surface area contributed by atoms with E-state index in [1.165, 1.54) is 15.6 Å². The van der Waals surface area contributed by atoms with E-state index in [1.54, 1.807) is 0 Å². The van der Waals surface area contributed by atoms with Gasteiger partial charge in [-0.3, -0.25) is 0 Å². The van der Waals surface area contributed by atoms with Crippen LogP contribution in [0.15, 0.2) is 0 Å². The van der Waals surface area contributed by atoms with Crippen LogP contribution in [0, 0.1) is 13.8 Å². The molecule has 0 fully saturated rings. The van der Waals surface area contributed by atoms with E-state index in [2.05, 4.69) is 48.6 Å². The standard InChI is InChI=1S/C10H16BrNS/c1-5-9(6(2)11)10-12-7(3)8(4)13-10/h6,9H,5H2,1-4H3. The minimum absolute atomic E-state index is 0.516. The third-order valence-corrected chi connectivity index (χ3v) is 4.20. The van der Waals surface area contributed by atoms with Gasteiger partial charge < -0.3 is 0 Å². The van der Waals surface area contributed by atoms with E-state index in [1.807, 2.05) is 11.3 Å². The minimum Gasteiger partial charge on any atom is -0.246 e. The molecule has 1 aromatic heterocycles. The second kappa shape index (κ2) is 4.56. The van der Waals surface area contributed by atoms with Gasteiger partial charge in [-0.15, -0.1) is 11.3 Å². The van der Waals surface area contributed by atoms with E-state index < -0.39 is 0 Å². The van der Waals surface area contributed by atoms with Gasteiger partial charge in [0.25, 0.3) is 0 Å². The number of alkyl halides is 1. The van der Waals surface area contributed by atoms with Crippen LogP contribution in [-0.2, 0) is 0 Å². The topological polar surface area (TPSA) is 12.9 Å². The Morgan fingerprint density at radius 3 is 2.38 bits per heavy atom. The summed E-state index contributed by atoms with van der Waals surface area (Å²) in [6.45, 7) is 8.64. The molecule has 0 aliphatic heterocycles. The molecule has 74 valence electrons. The van der Waals surface area contributed by atoms with Crippen molar-refractivity contribution in [3.8, 4) is 0 Å². The first-order chi connectivity index (χ1) is 6.06. The van der Waals surface area contributed by atoms with Crippen molar-refractivity contribution >= 4 is 27.3 Å². The van der Waals surface area contributed by atoms with E-state index in [-0.39, 0.29) is 0 Å². The van der Waals surface area contributed by atoms with Crippen LogP contribution in [0.4, 0.5) is 0 Å². The maximum atomic E-state index is 4.59. The van der Waals surface area contributed by atoms with Crippen LogP contribution in [0.3, 0.4) is 0 Å². The monoisotopic (exact) mass is 261 g/mol. The lowest BCUT2D eigenvalue weighted by atomic mass is 10.1. The summed E-state index contributed by atoms with van der Waals surface area (Å²) in [4.78, 5) is 6.46. The Bertz CT molecular complexity index is 261. The van der Waals surface area contributed by atoms with Gasteiger partial charge in [-0.05, 0) is 20.3 Å². The zero-order valence-electron chi connectivity index (χ0n) is 8.60. The number of thiazole rings is 1. The Kier molecular flexibility index (Phi) is 3.92. The van der Waals surface area contributed by atoms with E-state index in [4.69, 9.17) is 0 Å². The van der Waals surface area contributed by atoms with Crippen molar-refractivity contribution in [3.05, 3.63) is 15.6 Å². The number of hydrogen-bond acceptors (Lipinski definition) is 2. The molecule has 0 N–H and O–H groups in total. The highest BCUT2D eigenvalue weighted by molar-refractivity contribution is 9.09. The number of hydrogen-bond donors (Lipinski definition) is 0. The highest BCUT2D eigenvalue weighted by atomic mass is 79.9. The predicted molar refractivity (Wildman–Crippen MR) is 63.0 cm³/mol. The lowest BCUT2D eigenvalue weighted by molar-refractivity contribution is 0.657. The molecule has 1 nitrogen and oxygen atoms in total. The molecule has 0 saturated carbocycles. The molecule has 0 amide bonds. The smallest absolute Gasteiger partial charge is 0.0972 e. The predicted octanol–water partition coefficient (Wildman–Crippen LogP) is 4.04. The van der Waals surface area contributed by atoms with Gasteiger partial charge in [-0.25, -0.2) is 4.98 Å². The summed E-state index contributed by atoms with van der Waals surface area (Å²) in [5, 5.41) is 1.28. The van der Waals surface area contributed by atoms with Crippen molar-refractivity contribution in [2.75, 3.05) is 0 Å². The summed E-state index contributed by atoms with van der Waals surface area (Å²) in [6, 6.07) is 0. The quantitative estimate of drug-likeness (QED) is 0.749. The fraction of sp³-hybridized carbons (Fsp3) is 0.700. The van der Waals surface area contributed by atoms with Crippen molar-refractivity contribution in [2.24, 2.45) is 0 Å². The fourth-order valence-corrected chi connectivity index (χ4v) is 3.36. The van der Waals surface area contributed by atoms with Gasteiger partial charge in [0.2, 0.25) is 0 Å². The normalized spacial score (nSPS) is 15.8. The lowest BCUT2D eigenvalue weighted by Gasteiger charge is -2.13. The van der Waals surface area contributed by atoms with Gasteiger partial charge in [-0.2, -0.15) is 0 Å². The summed E-state index contributed by atoms with van der Waals surface area (Å²) in [5.74, 6) is 0.567. The Balaban J connectivity index is 2.92. The highest BCUT2D eigenvalue weighted by Crippen LogP contribution is 2.32. The minimum atomic E-state index is 0.516. The average Bonchev–Trinajstić information content (AvgIpc) is 2.32. The second-order valence-corrected chi connectivity index (χ2v) is 6.07. The summed E-state index contributed by atoms with van der Waals surface area (Å²) in [5.41, 5.74) is 1.19. The van der Waals surface area contributed by atoms with Crippen molar-refractivity contribution in [2.45, 2.75) is 44.9 Å². The summed E-state index contributed by atoms with van der Waals surface area (Å²) in [7, 11) is 0. The summed E-state index contributed by atoms with van der Waals surface area (Å²) < 4.78 is 0. The van der Waals surface area contributed by atoms with Crippen LogP contribution in [0.25, 0.3) is 0 Å². The summed E-state index contributed by atoms with van der Waals surface area (Å²) in [6.07, 6.45) is 1.15. The summed E-state index contributed by atoms with van der Waals surface area (Å²) >= 11 is 5.47. The molecule has 0 aromatic carbocycles. The molecule has 0 radical (unpaired) electrons. The van der Waals surface area contributed by atoms with Crippen molar-refractivity contribution in [1.82, 2.24) is 4.98 Å². The van der Waals surface area contributed by atoms with Crippen LogP contribution in [-0.4, -0.2) is 9.81 Å². The van der Waals surface area contributed by atoms with Crippen LogP contribution in [0.5, 0.6) is 0 Å². The molecular weight excluding hydrogens is 246 g/mol. The van der Waals surface area contributed by atoms with Gasteiger partial charge in [0.15, 0.2) is 0 Å². The molecule has 0 spiro atoms. The van der Waals surface area contributed by atoms with Crippen LogP contribution in [0.1, 0.15) is 41.8 Å². The average molecular weight is 262 g/mol. The molecule has 0 aliphatic rings. The maximum Gasteiger partial charge on any atom is 0.0972 e. The second-order valence-electron chi connectivity index (χ2n) is 3.39. The van der Waals surface area contributed by atoms with Crippen molar-refractivity contribution in [1.29, 1.82) is 0 Å². The zero-order chi connectivity index (χ0) is 10.0. The van der Waals surface area contributed by atoms with E-state index in [9.17, 15) is 0 Å². The molecule has 1 aromatic rings. The van der Waals surface area contributed by atoms with Gasteiger partial charge in [0, 0.05) is 15.6 Å². The van der Waals surface area contributed by atoms with Gasteiger partial charge in [0.05, 0.1) is 10.7 Å². The SMILES string of the molecule is CCC(c1nc(C)c(C)s1)C(C)Br. The first-order valence-electron chi connectivity index (χ1n) is 4.64. The Morgan fingerprint density at radius 2 is 2.08 bits per heavy atom. The number of aromatic nitrogens is 1. The zero-order valence-corrected chi connectivity index (χ0v) is 11.0. The molecule has 2 atom stereocenters. The molecule has 0 aliphatic carbocycles. The van der Waals surface area contributed by atoms with Gasteiger partial charge in [-0.1, -0.05) is 29.8 Å². The number of rotatable bonds is 3. The van der Waals surface area contributed by atoms with E-state index in [0.717, 1.165) is 6.42 Å². The Labute approximate surface area is 92.7 Å². The largest absolute Gasteiger partial charge is 0.246 e. The van der Waals surface area contributed by atoms with Gasteiger partial charge >= 0.3 is 0 Å². The maximum absolute atomic E-state index is 4.59. The Morgan fingerprint density at radius 1 is 1.46 bits per heavy atom. The first kappa shape index (κ1) is 11.2. The molecule has 2 unspecified atom stereocenters. The van der Waals surface area contributed by atoms with Crippen LogP contribution < -0.4 is 0 Å². The molecule has 13 heavy (non-hydrogen) atoms. The van der Waals surface area contributed by atoms with Crippen LogP contribution >= 0.6 is 27.3 Å². The molecule has 0 bridgehead atoms. The number of aryl methyl sites for hydroxylation is 2. The van der Waals surface area contributed by atoms with Crippen molar-refractivity contribution in [3.63, 3.8) is 0 Å². The molecule has 3 heteroatoms. The third kappa shape index (κ3) is 2.53. The third-order valence-electron chi connectivity index (χ3n) is 2.36. The number of nitrogens with zero attached hydrogens (tertiary/aromatic N) is 1. The molecule has 0 saturated heterocycles. The molecule has 1 rings (SSSR count). The van der Waals surface area contributed by atoms with Crippen molar-refractivity contribution < 1.29 is 0 Å². The van der Waals surface area contributed by atoms with E-state index >= 15 is 0 Å². The fourth-order valence-electron chi connectivity index (χ4n) is 1.35. The lowest BCUT2D eigenvalue weighted by Crippen LogP contribution is -2.07. The van der Waals surface area contributed by atoms with Crippen LogP contribution in [0.2, 0.25) is 0 Å². The number of halogens is 1. The first-order valence-corrected chi connectivity index (χ1v) is 6.37. The van der Waals surface area contributed by atoms with E-state index in [0.29, 0.717) is 10.7 Å².